The number of benzene rings is 1. The van der Waals surface area contributed by atoms with Crippen LogP contribution in [0, 0.1) is 5.82 Å². The Labute approximate surface area is 163 Å². The second-order valence-electron chi connectivity index (χ2n) is 7.39. The van der Waals surface area contributed by atoms with Crippen molar-refractivity contribution < 1.29 is 14.0 Å². The number of likely N-dealkylation sites (N-methyl/N-ethyl adjacent to an activating group) is 1. The summed E-state index contributed by atoms with van der Waals surface area (Å²) in [7, 11) is 1.63. The van der Waals surface area contributed by atoms with E-state index >= 15 is 0 Å². The Hall–Kier alpha value is -3.16. The third kappa shape index (κ3) is 2.37. The zero-order valence-electron chi connectivity index (χ0n) is 16.3. The maximum atomic E-state index is 14.5. The molecule has 0 aromatic heterocycles. The number of allylic oxidation sites excluding steroid dienone is 2. The van der Waals surface area contributed by atoms with Crippen molar-refractivity contribution in [2.75, 3.05) is 18.5 Å². The SMILES string of the molecule is C=C(C)CN1C(=O)C2C(N=C3N(c4ccccc4F)C(C)=C(C)N32)N(C)C1=O. The van der Waals surface area contributed by atoms with Crippen LogP contribution in [0.25, 0.3) is 0 Å². The second kappa shape index (κ2) is 6.19. The fourth-order valence-corrected chi connectivity index (χ4v) is 3.95. The number of hydrogen-bond acceptors (Lipinski definition) is 5. The Bertz CT molecular complexity index is 969. The van der Waals surface area contributed by atoms with Crippen LogP contribution in [0.2, 0.25) is 0 Å². The van der Waals surface area contributed by atoms with Crippen molar-refractivity contribution in [1.82, 2.24) is 14.7 Å². The fraction of sp³-hybridized carbons (Fsp3) is 0.350. The molecule has 0 aliphatic carbocycles. The molecule has 3 aliphatic heterocycles. The topological polar surface area (TPSA) is 59.5 Å². The number of para-hydroxylation sites is 1. The molecule has 1 saturated heterocycles. The molecule has 3 aliphatic rings. The van der Waals surface area contributed by atoms with Gasteiger partial charge in [0.1, 0.15) is 5.82 Å². The van der Waals surface area contributed by atoms with Gasteiger partial charge in [-0.05, 0) is 32.9 Å². The minimum Gasteiger partial charge on any atom is -0.302 e. The summed E-state index contributed by atoms with van der Waals surface area (Å²) < 4.78 is 14.5. The molecule has 28 heavy (non-hydrogen) atoms. The Morgan fingerprint density at radius 3 is 2.54 bits per heavy atom. The Kier molecular flexibility index (Phi) is 4.02. The molecular weight excluding hydrogens is 361 g/mol. The average molecular weight is 383 g/mol. The number of urea groups is 1. The van der Waals surface area contributed by atoms with Crippen molar-refractivity contribution in [1.29, 1.82) is 0 Å². The van der Waals surface area contributed by atoms with E-state index in [1.807, 2.05) is 18.7 Å². The number of imide groups is 1. The van der Waals surface area contributed by atoms with E-state index in [0.717, 1.165) is 11.4 Å². The molecule has 0 bridgehead atoms. The number of anilines is 1. The van der Waals surface area contributed by atoms with E-state index in [-0.39, 0.29) is 18.3 Å². The molecule has 1 aromatic rings. The fourth-order valence-electron chi connectivity index (χ4n) is 3.95. The molecule has 3 heterocycles. The molecule has 3 amide bonds. The summed E-state index contributed by atoms with van der Waals surface area (Å²) in [6, 6.07) is 5.35. The van der Waals surface area contributed by atoms with E-state index in [2.05, 4.69) is 11.6 Å². The Morgan fingerprint density at radius 2 is 1.89 bits per heavy atom. The number of amides is 3. The van der Waals surface area contributed by atoms with Crippen LogP contribution in [0.5, 0.6) is 0 Å². The lowest BCUT2D eigenvalue weighted by Crippen LogP contribution is -2.64. The van der Waals surface area contributed by atoms with Crippen molar-refractivity contribution in [2.45, 2.75) is 33.0 Å². The van der Waals surface area contributed by atoms with Crippen molar-refractivity contribution >= 4 is 23.6 Å². The minimum absolute atomic E-state index is 0.160. The second-order valence-corrected chi connectivity index (χ2v) is 7.39. The van der Waals surface area contributed by atoms with Crippen LogP contribution in [0.3, 0.4) is 0 Å². The minimum atomic E-state index is -0.677. The monoisotopic (exact) mass is 383 g/mol. The molecule has 2 unspecified atom stereocenters. The molecule has 2 atom stereocenters. The van der Waals surface area contributed by atoms with Gasteiger partial charge in [0.2, 0.25) is 5.96 Å². The first-order valence-electron chi connectivity index (χ1n) is 9.05. The van der Waals surface area contributed by atoms with E-state index in [4.69, 9.17) is 0 Å². The van der Waals surface area contributed by atoms with E-state index in [9.17, 15) is 14.0 Å². The van der Waals surface area contributed by atoms with Gasteiger partial charge in [-0.3, -0.25) is 19.5 Å². The molecule has 7 nitrogen and oxygen atoms in total. The number of carbonyl (C=O) groups is 2. The summed E-state index contributed by atoms with van der Waals surface area (Å²) in [6.07, 6.45) is -0.659. The highest BCUT2D eigenvalue weighted by atomic mass is 19.1. The number of halogens is 1. The Morgan fingerprint density at radius 1 is 1.21 bits per heavy atom. The third-order valence-corrected chi connectivity index (χ3v) is 5.41. The average Bonchev–Trinajstić information content (AvgIpc) is 3.14. The van der Waals surface area contributed by atoms with Crippen LogP contribution >= 0.6 is 0 Å². The van der Waals surface area contributed by atoms with Crippen molar-refractivity contribution in [2.24, 2.45) is 4.99 Å². The zero-order valence-corrected chi connectivity index (χ0v) is 16.3. The number of nitrogens with zero attached hydrogens (tertiary/aromatic N) is 5. The number of rotatable bonds is 3. The Balaban J connectivity index is 1.79. The molecule has 4 rings (SSSR count). The quantitative estimate of drug-likeness (QED) is 0.753. The molecule has 1 fully saturated rings. The van der Waals surface area contributed by atoms with Gasteiger partial charge in [0.25, 0.3) is 5.91 Å². The van der Waals surface area contributed by atoms with Gasteiger partial charge in [-0.1, -0.05) is 24.3 Å². The molecule has 0 N–H and O–H groups in total. The number of fused-ring (bicyclic) bond motifs is 3. The predicted molar refractivity (Wildman–Crippen MR) is 104 cm³/mol. The van der Waals surface area contributed by atoms with E-state index in [0.29, 0.717) is 17.2 Å². The van der Waals surface area contributed by atoms with Gasteiger partial charge in [0, 0.05) is 18.4 Å². The lowest BCUT2D eigenvalue weighted by molar-refractivity contribution is -0.136. The van der Waals surface area contributed by atoms with Crippen LogP contribution < -0.4 is 4.90 Å². The first-order chi connectivity index (χ1) is 13.2. The molecule has 1 aromatic carbocycles. The largest absolute Gasteiger partial charge is 0.328 e. The highest BCUT2D eigenvalue weighted by Crippen LogP contribution is 2.40. The molecule has 8 heteroatoms. The van der Waals surface area contributed by atoms with Crippen molar-refractivity contribution in [3.05, 3.63) is 53.6 Å². The van der Waals surface area contributed by atoms with Crippen LogP contribution in [0.1, 0.15) is 20.8 Å². The molecule has 0 saturated carbocycles. The molecule has 0 spiro atoms. The van der Waals surface area contributed by atoms with Gasteiger partial charge in [-0.2, -0.15) is 0 Å². The summed E-state index contributed by atoms with van der Waals surface area (Å²) in [6.45, 7) is 9.49. The van der Waals surface area contributed by atoms with Crippen molar-refractivity contribution in [3.8, 4) is 0 Å². The number of guanidine groups is 1. The van der Waals surface area contributed by atoms with Gasteiger partial charge in [0.15, 0.2) is 12.2 Å². The van der Waals surface area contributed by atoms with Crippen LogP contribution in [-0.4, -0.2) is 58.4 Å². The molecule has 0 radical (unpaired) electrons. The highest BCUT2D eigenvalue weighted by Gasteiger charge is 2.56. The summed E-state index contributed by atoms with van der Waals surface area (Å²) in [5.41, 5.74) is 2.67. The summed E-state index contributed by atoms with van der Waals surface area (Å²) >= 11 is 0. The highest BCUT2D eigenvalue weighted by molar-refractivity contribution is 6.10. The lowest BCUT2D eigenvalue weighted by atomic mass is 10.1. The third-order valence-electron chi connectivity index (χ3n) is 5.41. The maximum absolute atomic E-state index is 14.5. The number of hydrogen-bond donors (Lipinski definition) is 0. The number of carbonyl (C=O) groups excluding carboxylic acids is 2. The summed E-state index contributed by atoms with van der Waals surface area (Å²) in [5.74, 6) is -0.244. The molecule has 146 valence electrons. The predicted octanol–water partition coefficient (Wildman–Crippen LogP) is 2.73. The van der Waals surface area contributed by atoms with Gasteiger partial charge in [-0.15, -0.1) is 0 Å². The van der Waals surface area contributed by atoms with E-state index in [1.165, 1.54) is 15.9 Å². The first-order valence-corrected chi connectivity index (χ1v) is 9.05. The lowest BCUT2D eigenvalue weighted by Gasteiger charge is -2.40. The first kappa shape index (κ1) is 18.2. The smallest absolute Gasteiger partial charge is 0.302 e. The van der Waals surface area contributed by atoms with Crippen LogP contribution in [-0.2, 0) is 4.79 Å². The van der Waals surface area contributed by atoms with Gasteiger partial charge in [-0.25, -0.2) is 14.2 Å². The zero-order chi connectivity index (χ0) is 20.3. The van der Waals surface area contributed by atoms with Crippen LogP contribution in [0.4, 0.5) is 14.9 Å². The summed E-state index contributed by atoms with van der Waals surface area (Å²) in [4.78, 5) is 36.8. The van der Waals surface area contributed by atoms with Gasteiger partial charge < -0.3 is 4.90 Å². The maximum Gasteiger partial charge on any atom is 0.328 e. The van der Waals surface area contributed by atoms with Crippen LogP contribution in [0.15, 0.2) is 52.8 Å². The van der Waals surface area contributed by atoms with E-state index < -0.39 is 18.2 Å². The normalized spacial score (nSPS) is 24.1. The van der Waals surface area contributed by atoms with Crippen molar-refractivity contribution in [3.63, 3.8) is 0 Å². The number of aliphatic imine (C=N–C) groups is 1. The van der Waals surface area contributed by atoms with Gasteiger partial charge in [0.05, 0.1) is 12.2 Å². The standard InChI is InChI=1S/C20H22FN5O2/c1-11(2)10-24-18(27)16-17(23(5)20(24)28)22-19-25(12(3)13(4)26(16)19)15-9-7-6-8-14(15)21/h6-9,16-17H,1,10H2,2-5H3. The van der Waals surface area contributed by atoms with E-state index in [1.54, 1.807) is 37.1 Å². The van der Waals surface area contributed by atoms with Gasteiger partial charge >= 0.3 is 6.03 Å². The summed E-state index contributed by atoms with van der Waals surface area (Å²) in [5, 5.41) is 0. The molecular formula is C20H22FN5O2.